The van der Waals surface area contributed by atoms with Gasteiger partial charge in [0, 0.05) is 32.0 Å². The SMILES string of the molecule is CC[C@@H](C)N1C(=O)[C@@H](C(C)C)NC12CCN(C(=O)c1ccccc1Cl)CC2. The molecule has 148 valence electrons. The number of benzene rings is 1. The van der Waals surface area contributed by atoms with E-state index >= 15 is 0 Å². The van der Waals surface area contributed by atoms with Gasteiger partial charge in [-0.3, -0.25) is 14.9 Å². The maximum Gasteiger partial charge on any atom is 0.255 e. The molecule has 0 unspecified atom stereocenters. The van der Waals surface area contributed by atoms with E-state index in [1.165, 1.54) is 0 Å². The number of rotatable bonds is 4. The van der Waals surface area contributed by atoms with Crippen LogP contribution >= 0.6 is 11.6 Å². The lowest BCUT2D eigenvalue weighted by molar-refractivity contribution is -0.136. The van der Waals surface area contributed by atoms with E-state index in [1.807, 2.05) is 17.0 Å². The highest BCUT2D eigenvalue weighted by Crippen LogP contribution is 2.37. The summed E-state index contributed by atoms with van der Waals surface area (Å²) < 4.78 is 0. The Hall–Kier alpha value is -1.59. The third-order valence-electron chi connectivity index (χ3n) is 6.07. The molecule has 2 atom stereocenters. The first kappa shape index (κ1) is 20.2. The number of carbonyl (C=O) groups excluding carboxylic acids is 2. The van der Waals surface area contributed by atoms with Crippen LogP contribution in [0.25, 0.3) is 0 Å². The minimum atomic E-state index is -0.349. The molecule has 27 heavy (non-hydrogen) atoms. The van der Waals surface area contributed by atoms with Gasteiger partial charge in [0.25, 0.3) is 5.91 Å². The average molecular weight is 392 g/mol. The maximum atomic E-state index is 13.1. The summed E-state index contributed by atoms with van der Waals surface area (Å²) in [5.74, 6) is 0.409. The molecule has 1 spiro atoms. The molecule has 2 heterocycles. The Morgan fingerprint density at radius 3 is 2.44 bits per heavy atom. The van der Waals surface area contributed by atoms with Crippen LogP contribution in [0.2, 0.25) is 5.02 Å². The van der Waals surface area contributed by atoms with Crippen LogP contribution < -0.4 is 5.32 Å². The van der Waals surface area contributed by atoms with Gasteiger partial charge in [0.2, 0.25) is 5.91 Å². The zero-order chi connectivity index (χ0) is 19.8. The molecule has 2 aliphatic heterocycles. The summed E-state index contributed by atoms with van der Waals surface area (Å²) in [6.45, 7) is 9.62. The molecule has 0 radical (unpaired) electrons. The Morgan fingerprint density at radius 2 is 1.89 bits per heavy atom. The number of carbonyl (C=O) groups is 2. The standard InChI is InChI=1S/C21H30ClN3O2/c1-5-15(4)25-20(27)18(14(2)3)23-21(25)10-12-24(13-11-21)19(26)16-8-6-7-9-17(16)22/h6-9,14-15,18,23H,5,10-13H2,1-4H3/t15-,18-/m1/s1. The van der Waals surface area contributed by atoms with Crippen molar-refractivity contribution in [2.75, 3.05) is 13.1 Å². The van der Waals surface area contributed by atoms with Crippen LogP contribution in [0, 0.1) is 5.92 Å². The van der Waals surface area contributed by atoms with Gasteiger partial charge in [-0.2, -0.15) is 0 Å². The molecule has 2 fully saturated rings. The fourth-order valence-corrected chi connectivity index (χ4v) is 4.54. The number of piperidine rings is 1. The normalized spacial score (nSPS) is 23.3. The molecule has 2 saturated heterocycles. The minimum Gasteiger partial charge on any atom is -0.338 e. The van der Waals surface area contributed by atoms with E-state index in [-0.39, 0.29) is 35.5 Å². The summed E-state index contributed by atoms with van der Waals surface area (Å²) in [7, 11) is 0. The maximum absolute atomic E-state index is 13.1. The molecular weight excluding hydrogens is 362 g/mol. The zero-order valence-electron chi connectivity index (χ0n) is 16.7. The van der Waals surface area contributed by atoms with Crippen molar-refractivity contribution >= 4 is 23.4 Å². The van der Waals surface area contributed by atoms with Gasteiger partial charge in [0.15, 0.2) is 0 Å². The van der Waals surface area contributed by atoms with E-state index < -0.39 is 0 Å². The van der Waals surface area contributed by atoms with E-state index in [2.05, 4.69) is 37.9 Å². The van der Waals surface area contributed by atoms with Crippen molar-refractivity contribution in [3.63, 3.8) is 0 Å². The lowest BCUT2D eigenvalue weighted by Crippen LogP contribution is -2.61. The molecular formula is C21H30ClN3O2. The minimum absolute atomic E-state index is 0.0322. The van der Waals surface area contributed by atoms with Crippen molar-refractivity contribution in [1.29, 1.82) is 0 Å². The topological polar surface area (TPSA) is 52.7 Å². The molecule has 2 amide bonds. The van der Waals surface area contributed by atoms with E-state index in [1.54, 1.807) is 12.1 Å². The molecule has 3 rings (SSSR count). The predicted molar refractivity (Wildman–Crippen MR) is 108 cm³/mol. The first-order chi connectivity index (χ1) is 12.8. The summed E-state index contributed by atoms with van der Waals surface area (Å²) in [5.41, 5.74) is 0.197. The molecule has 0 saturated carbocycles. The van der Waals surface area contributed by atoms with E-state index in [4.69, 9.17) is 11.6 Å². The highest BCUT2D eigenvalue weighted by Gasteiger charge is 2.53. The summed E-state index contributed by atoms with van der Waals surface area (Å²) >= 11 is 6.20. The van der Waals surface area contributed by atoms with Crippen LogP contribution in [0.5, 0.6) is 0 Å². The van der Waals surface area contributed by atoms with Gasteiger partial charge in [0.1, 0.15) is 0 Å². The molecule has 2 aliphatic rings. The van der Waals surface area contributed by atoms with Crippen molar-refractivity contribution in [3.05, 3.63) is 34.9 Å². The van der Waals surface area contributed by atoms with Crippen molar-refractivity contribution in [2.45, 2.75) is 64.7 Å². The monoisotopic (exact) mass is 391 g/mol. The fourth-order valence-electron chi connectivity index (χ4n) is 4.32. The number of hydrogen-bond acceptors (Lipinski definition) is 3. The summed E-state index contributed by atoms with van der Waals surface area (Å²) in [5, 5.41) is 4.13. The number of likely N-dealkylation sites (tertiary alicyclic amines) is 1. The first-order valence-corrected chi connectivity index (χ1v) is 10.3. The third kappa shape index (κ3) is 3.59. The molecule has 6 heteroatoms. The van der Waals surface area contributed by atoms with Crippen molar-refractivity contribution in [2.24, 2.45) is 5.92 Å². The fraction of sp³-hybridized carbons (Fsp3) is 0.619. The van der Waals surface area contributed by atoms with Gasteiger partial charge < -0.3 is 9.80 Å². The van der Waals surface area contributed by atoms with Crippen LogP contribution in [-0.2, 0) is 4.79 Å². The van der Waals surface area contributed by atoms with Gasteiger partial charge in [-0.25, -0.2) is 0 Å². The lowest BCUT2D eigenvalue weighted by Gasteiger charge is -2.46. The first-order valence-electron chi connectivity index (χ1n) is 9.95. The number of nitrogens with zero attached hydrogens (tertiary/aromatic N) is 2. The molecule has 0 aromatic heterocycles. The summed E-state index contributed by atoms with van der Waals surface area (Å²) in [6, 6.07) is 7.21. The number of amides is 2. The average Bonchev–Trinajstić information content (AvgIpc) is 2.94. The lowest BCUT2D eigenvalue weighted by atomic mass is 9.93. The Labute approximate surface area is 167 Å². The van der Waals surface area contributed by atoms with E-state index in [0.717, 1.165) is 19.3 Å². The summed E-state index contributed by atoms with van der Waals surface area (Å²) in [4.78, 5) is 29.9. The highest BCUT2D eigenvalue weighted by molar-refractivity contribution is 6.33. The Balaban J connectivity index is 1.78. The van der Waals surface area contributed by atoms with Crippen LogP contribution in [0.3, 0.4) is 0 Å². The van der Waals surface area contributed by atoms with Crippen molar-refractivity contribution in [3.8, 4) is 0 Å². The second-order valence-corrected chi connectivity index (χ2v) is 8.54. The zero-order valence-corrected chi connectivity index (χ0v) is 17.4. The van der Waals surface area contributed by atoms with Crippen LogP contribution in [0.4, 0.5) is 0 Å². The van der Waals surface area contributed by atoms with Gasteiger partial charge >= 0.3 is 0 Å². The highest BCUT2D eigenvalue weighted by atomic mass is 35.5. The third-order valence-corrected chi connectivity index (χ3v) is 6.40. The van der Waals surface area contributed by atoms with Crippen LogP contribution in [0.15, 0.2) is 24.3 Å². The Kier molecular flexibility index (Phi) is 5.82. The summed E-state index contributed by atoms with van der Waals surface area (Å²) in [6.07, 6.45) is 2.40. The number of nitrogens with one attached hydrogen (secondary N) is 1. The van der Waals surface area contributed by atoms with E-state index in [9.17, 15) is 9.59 Å². The molecule has 1 N–H and O–H groups in total. The molecule has 5 nitrogen and oxygen atoms in total. The predicted octanol–water partition coefficient (Wildman–Crippen LogP) is 3.53. The van der Waals surface area contributed by atoms with Crippen molar-refractivity contribution < 1.29 is 9.59 Å². The van der Waals surface area contributed by atoms with Gasteiger partial charge in [-0.05, 0) is 31.4 Å². The Bertz CT molecular complexity index is 713. The number of halogens is 1. The van der Waals surface area contributed by atoms with Gasteiger partial charge in [-0.15, -0.1) is 0 Å². The molecule has 1 aromatic rings. The molecule has 1 aromatic carbocycles. The smallest absolute Gasteiger partial charge is 0.255 e. The number of hydrogen-bond donors (Lipinski definition) is 1. The second kappa shape index (κ2) is 7.80. The largest absolute Gasteiger partial charge is 0.338 e. The quantitative estimate of drug-likeness (QED) is 0.854. The molecule has 0 bridgehead atoms. The van der Waals surface area contributed by atoms with Crippen LogP contribution in [0.1, 0.15) is 57.3 Å². The second-order valence-electron chi connectivity index (χ2n) is 8.14. The van der Waals surface area contributed by atoms with Gasteiger partial charge in [-0.1, -0.05) is 44.5 Å². The van der Waals surface area contributed by atoms with Crippen molar-refractivity contribution in [1.82, 2.24) is 15.1 Å². The molecule has 0 aliphatic carbocycles. The Morgan fingerprint density at radius 1 is 1.26 bits per heavy atom. The van der Waals surface area contributed by atoms with Crippen LogP contribution in [-0.4, -0.2) is 52.5 Å². The van der Waals surface area contributed by atoms with E-state index in [0.29, 0.717) is 23.7 Å². The van der Waals surface area contributed by atoms with Gasteiger partial charge in [0.05, 0.1) is 22.3 Å².